The van der Waals surface area contributed by atoms with E-state index in [9.17, 15) is 0 Å². The Morgan fingerprint density at radius 1 is 1.37 bits per heavy atom. The van der Waals surface area contributed by atoms with Crippen molar-refractivity contribution in [1.29, 1.82) is 0 Å². The maximum atomic E-state index is 9.13. The van der Waals surface area contributed by atoms with Crippen molar-refractivity contribution < 1.29 is 9.84 Å². The molecule has 1 aromatic carbocycles. The third kappa shape index (κ3) is 5.01. The van der Waals surface area contributed by atoms with Crippen LogP contribution >= 0.6 is 11.6 Å². The van der Waals surface area contributed by atoms with Crippen molar-refractivity contribution in [3.63, 3.8) is 0 Å². The van der Waals surface area contributed by atoms with Crippen molar-refractivity contribution in [2.75, 3.05) is 13.7 Å². The third-order valence-electron chi connectivity index (χ3n) is 3.23. The van der Waals surface area contributed by atoms with E-state index in [4.69, 9.17) is 21.4 Å². The van der Waals surface area contributed by atoms with Gasteiger partial charge in [0.05, 0.1) is 12.1 Å². The monoisotopic (exact) mass is 285 g/mol. The summed E-state index contributed by atoms with van der Waals surface area (Å²) in [6.45, 7) is 7.42. The fourth-order valence-corrected chi connectivity index (χ4v) is 2.31. The fourth-order valence-electron chi connectivity index (χ4n) is 2.03. The van der Waals surface area contributed by atoms with Crippen LogP contribution in [0.3, 0.4) is 0 Å². The largest absolute Gasteiger partial charge is 0.495 e. The van der Waals surface area contributed by atoms with E-state index in [0.29, 0.717) is 10.8 Å². The summed E-state index contributed by atoms with van der Waals surface area (Å²) in [5, 5.41) is 13.2. The lowest BCUT2D eigenvalue weighted by atomic mass is 9.85. The van der Waals surface area contributed by atoms with Crippen LogP contribution in [-0.4, -0.2) is 24.9 Å². The van der Waals surface area contributed by atoms with Crippen molar-refractivity contribution in [3.8, 4) is 5.75 Å². The summed E-state index contributed by atoms with van der Waals surface area (Å²) in [5.74, 6) is 0.688. The van der Waals surface area contributed by atoms with Gasteiger partial charge in [-0.15, -0.1) is 0 Å². The first-order chi connectivity index (χ1) is 8.88. The molecular formula is C15H24ClNO2. The van der Waals surface area contributed by atoms with Gasteiger partial charge in [0.2, 0.25) is 0 Å². The van der Waals surface area contributed by atoms with Gasteiger partial charge in [0, 0.05) is 19.2 Å². The second-order valence-corrected chi connectivity index (χ2v) is 6.19. The topological polar surface area (TPSA) is 41.5 Å². The van der Waals surface area contributed by atoms with Crippen LogP contribution in [0.15, 0.2) is 18.2 Å². The van der Waals surface area contributed by atoms with Crippen LogP contribution in [0, 0.1) is 5.41 Å². The fraction of sp³-hybridized carbons (Fsp3) is 0.600. The zero-order valence-corrected chi connectivity index (χ0v) is 12.9. The highest BCUT2D eigenvalue weighted by molar-refractivity contribution is 6.32. The van der Waals surface area contributed by atoms with E-state index < -0.39 is 0 Å². The number of methoxy groups -OCH3 is 1. The molecule has 0 aliphatic carbocycles. The van der Waals surface area contributed by atoms with E-state index in [1.165, 1.54) is 0 Å². The van der Waals surface area contributed by atoms with Gasteiger partial charge in [-0.25, -0.2) is 0 Å². The second-order valence-electron chi connectivity index (χ2n) is 5.78. The van der Waals surface area contributed by atoms with Gasteiger partial charge in [-0.1, -0.05) is 38.4 Å². The maximum Gasteiger partial charge on any atom is 0.137 e. The Labute approximate surface area is 120 Å². The highest BCUT2D eigenvalue weighted by Crippen LogP contribution is 2.26. The molecule has 1 aromatic rings. The van der Waals surface area contributed by atoms with Gasteiger partial charge in [-0.3, -0.25) is 0 Å². The molecule has 4 heteroatoms. The van der Waals surface area contributed by atoms with Crippen molar-refractivity contribution >= 4 is 11.6 Å². The zero-order valence-electron chi connectivity index (χ0n) is 12.2. The van der Waals surface area contributed by atoms with Crippen LogP contribution in [-0.2, 0) is 6.54 Å². The predicted octanol–water partition coefficient (Wildman–Crippen LogP) is 3.24. The second kappa shape index (κ2) is 7.13. The summed E-state index contributed by atoms with van der Waals surface area (Å²) in [6.07, 6.45) is 0.743. The molecule has 3 nitrogen and oxygen atoms in total. The number of ether oxygens (including phenoxy) is 1. The molecule has 1 rings (SSSR count). The molecule has 0 aromatic heterocycles. The molecule has 0 saturated carbocycles. The summed E-state index contributed by atoms with van der Waals surface area (Å²) in [4.78, 5) is 0. The highest BCUT2D eigenvalue weighted by atomic mass is 35.5. The lowest BCUT2D eigenvalue weighted by Gasteiger charge is -2.31. The number of hydrogen-bond acceptors (Lipinski definition) is 3. The van der Waals surface area contributed by atoms with Gasteiger partial charge in [0.25, 0.3) is 0 Å². The number of benzene rings is 1. The van der Waals surface area contributed by atoms with Crippen LogP contribution in [0.5, 0.6) is 5.75 Å². The number of aliphatic hydroxyl groups excluding tert-OH is 1. The SMILES string of the molecule is COc1ccc(CNC(CCO)C(C)(C)C)cc1Cl. The molecule has 108 valence electrons. The van der Waals surface area contributed by atoms with Crippen molar-refractivity contribution in [2.45, 2.75) is 39.8 Å². The van der Waals surface area contributed by atoms with E-state index in [-0.39, 0.29) is 18.1 Å². The average Bonchev–Trinajstić information content (AvgIpc) is 2.33. The van der Waals surface area contributed by atoms with Crippen molar-refractivity contribution in [3.05, 3.63) is 28.8 Å². The van der Waals surface area contributed by atoms with Gasteiger partial charge < -0.3 is 15.2 Å². The molecule has 0 spiro atoms. The average molecular weight is 286 g/mol. The summed E-state index contributed by atoms with van der Waals surface area (Å²) >= 11 is 6.10. The standard InChI is InChI=1S/C15H24ClNO2/c1-15(2,3)14(7-8-18)17-10-11-5-6-13(19-4)12(16)9-11/h5-6,9,14,17-18H,7-8,10H2,1-4H3. The molecule has 0 bridgehead atoms. The molecule has 0 aliphatic rings. The van der Waals surface area contributed by atoms with E-state index in [0.717, 1.165) is 18.5 Å². The van der Waals surface area contributed by atoms with E-state index in [1.54, 1.807) is 7.11 Å². The summed E-state index contributed by atoms with van der Waals surface area (Å²) in [6, 6.07) is 6.04. The van der Waals surface area contributed by atoms with Gasteiger partial charge in [-0.05, 0) is 29.5 Å². The molecule has 19 heavy (non-hydrogen) atoms. The van der Waals surface area contributed by atoms with Crippen LogP contribution < -0.4 is 10.1 Å². The number of halogens is 1. The first-order valence-electron chi connectivity index (χ1n) is 6.55. The minimum Gasteiger partial charge on any atom is -0.495 e. The molecule has 0 heterocycles. The minimum atomic E-state index is 0.110. The van der Waals surface area contributed by atoms with Gasteiger partial charge in [0.1, 0.15) is 5.75 Å². The van der Waals surface area contributed by atoms with Crippen LogP contribution in [0.25, 0.3) is 0 Å². The van der Waals surface area contributed by atoms with E-state index >= 15 is 0 Å². The van der Waals surface area contributed by atoms with Crippen molar-refractivity contribution in [1.82, 2.24) is 5.32 Å². The van der Waals surface area contributed by atoms with Gasteiger partial charge in [-0.2, -0.15) is 0 Å². The lowest BCUT2D eigenvalue weighted by molar-refractivity contribution is 0.196. The molecule has 0 radical (unpaired) electrons. The number of aliphatic hydroxyl groups is 1. The Morgan fingerprint density at radius 2 is 2.05 bits per heavy atom. The maximum absolute atomic E-state index is 9.13. The normalized spacial score (nSPS) is 13.4. The Hall–Kier alpha value is -0.770. The Morgan fingerprint density at radius 3 is 2.53 bits per heavy atom. The van der Waals surface area contributed by atoms with Crippen molar-refractivity contribution in [2.24, 2.45) is 5.41 Å². The molecule has 0 aliphatic heterocycles. The zero-order chi connectivity index (χ0) is 14.5. The van der Waals surface area contributed by atoms with Crippen LogP contribution in [0.1, 0.15) is 32.8 Å². The first-order valence-corrected chi connectivity index (χ1v) is 6.93. The highest BCUT2D eigenvalue weighted by Gasteiger charge is 2.23. The Kier molecular flexibility index (Phi) is 6.11. The van der Waals surface area contributed by atoms with E-state index in [1.807, 2.05) is 18.2 Å². The quantitative estimate of drug-likeness (QED) is 0.843. The predicted molar refractivity (Wildman–Crippen MR) is 79.8 cm³/mol. The molecule has 0 saturated heterocycles. The smallest absolute Gasteiger partial charge is 0.137 e. The number of hydrogen-bond donors (Lipinski definition) is 2. The molecule has 0 amide bonds. The summed E-state index contributed by atoms with van der Waals surface area (Å²) in [5.41, 5.74) is 1.22. The van der Waals surface area contributed by atoms with E-state index in [2.05, 4.69) is 26.1 Å². The van der Waals surface area contributed by atoms with Crippen LogP contribution in [0.2, 0.25) is 5.02 Å². The molecular weight excluding hydrogens is 262 g/mol. The molecule has 2 N–H and O–H groups in total. The number of nitrogens with one attached hydrogen (secondary N) is 1. The summed E-state index contributed by atoms with van der Waals surface area (Å²) < 4.78 is 5.13. The van der Waals surface area contributed by atoms with Gasteiger partial charge in [0.15, 0.2) is 0 Å². The number of rotatable bonds is 6. The summed E-state index contributed by atoms with van der Waals surface area (Å²) in [7, 11) is 1.61. The Balaban J connectivity index is 2.66. The van der Waals surface area contributed by atoms with Crippen LogP contribution in [0.4, 0.5) is 0 Å². The first kappa shape index (κ1) is 16.3. The van der Waals surface area contributed by atoms with Gasteiger partial charge >= 0.3 is 0 Å². The minimum absolute atomic E-state index is 0.110. The Bertz CT molecular complexity index is 402. The molecule has 0 fully saturated rings. The third-order valence-corrected chi connectivity index (χ3v) is 3.53. The molecule has 1 atom stereocenters. The lowest BCUT2D eigenvalue weighted by Crippen LogP contribution is -2.40. The molecule has 1 unspecified atom stereocenters.